The van der Waals surface area contributed by atoms with Gasteiger partial charge >= 0.3 is 11.8 Å². The first-order valence-electron chi connectivity index (χ1n) is 2.16. The lowest BCUT2D eigenvalue weighted by Gasteiger charge is -2.00. The van der Waals surface area contributed by atoms with Gasteiger partial charge in [-0.3, -0.25) is 19.2 Å². The summed E-state index contributed by atoms with van der Waals surface area (Å²) < 4.78 is 0. The Bertz CT molecular complexity index is 180. The maximum atomic E-state index is 10.3. The molecule has 0 radical (unpaired) electrons. The van der Waals surface area contributed by atoms with Gasteiger partial charge in [-0.05, 0) is 0 Å². The number of nitrogens with two attached hydrogens (primary N) is 1. The van der Waals surface area contributed by atoms with E-state index in [1.807, 2.05) is 0 Å². The van der Waals surface area contributed by atoms with Crippen molar-refractivity contribution in [1.29, 1.82) is 0 Å². The van der Waals surface area contributed by atoms with Crippen molar-refractivity contribution >= 4 is 24.6 Å². The van der Waals surface area contributed by atoms with E-state index < -0.39 is 11.8 Å². The lowest BCUT2D eigenvalue weighted by Crippen LogP contribution is -2.38. The molecule has 0 unspecified atom stereocenters. The Morgan fingerprint density at radius 3 is 1.70 bits per heavy atom. The molecule has 0 atom stereocenters. The zero-order valence-electron chi connectivity index (χ0n) is 4.81. The molecule has 4 amide bonds. The molecule has 0 aliphatic heterocycles. The smallest absolute Gasteiger partial charge is 0.324 e. The Morgan fingerprint density at radius 2 is 1.60 bits per heavy atom. The molecule has 0 aromatic heterocycles. The lowest BCUT2D eigenvalue weighted by molar-refractivity contribution is -0.150. The normalized spacial score (nSPS) is 8.00. The van der Waals surface area contributed by atoms with Gasteiger partial charge in [-0.25, -0.2) is 4.90 Å². The molecule has 0 aromatic carbocycles. The van der Waals surface area contributed by atoms with E-state index in [1.54, 1.807) is 0 Å². The molecule has 0 aliphatic carbocycles. The van der Waals surface area contributed by atoms with E-state index >= 15 is 0 Å². The van der Waals surface area contributed by atoms with E-state index in [1.165, 1.54) is 0 Å². The van der Waals surface area contributed by atoms with Crippen LogP contribution in [0.3, 0.4) is 0 Å². The highest BCUT2D eigenvalue weighted by Gasteiger charge is 2.16. The molecule has 0 aromatic rings. The summed E-state index contributed by atoms with van der Waals surface area (Å²) in [4.78, 5) is 39.8. The van der Waals surface area contributed by atoms with E-state index in [2.05, 4.69) is 5.73 Å². The molecular weight excluding hydrogens is 140 g/mol. The first-order valence-corrected chi connectivity index (χ1v) is 2.16. The van der Waals surface area contributed by atoms with Gasteiger partial charge in [-0.15, -0.1) is 0 Å². The summed E-state index contributed by atoms with van der Waals surface area (Å²) in [5.74, 6) is -2.69. The number of carbonyl (C=O) groups excluding carboxylic acids is 4. The lowest BCUT2D eigenvalue weighted by atomic mass is 10.5. The van der Waals surface area contributed by atoms with E-state index in [-0.39, 0.29) is 17.7 Å². The van der Waals surface area contributed by atoms with Gasteiger partial charge in [0.1, 0.15) is 0 Å². The maximum Gasteiger partial charge on any atom is 0.324 e. The average molecular weight is 144 g/mol. The van der Waals surface area contributed by atoms with E-state index in [0.29, 0.717) is 0 Å². The summed E-state index contributed by atoms with van der Waals surface area (Å²) >= 11 is 0. The van der Waals surface area contributed by atoms with Crippen LogP contribution in [0.1, 0.15) is 0 Å². The molecule has 6 heteroatoms. The van der Waals surface area contributed by atoms with Crippen LogP contribution in [0.25, 0.3) is 0 Å². The molecule has 2 N–H and O–H groups in total. The van der Waals surface area contributed by atoms with Gasteiger partial charge in [-0.2, -0.15) is 0 Å². The first-order chi connectivity index (χ1) is 4.63. The van der Waals surface area contributed by atoms with Crippen molar-refractivity contribution in [3.8, 4) is 0 Å². The van der Waals surface area contributed by atoms with Crippen LogP contribution in [-0.2, 0) is 19.2 Å². The third-order valence-corrected chi connectivity index (χ3v) is 0.672. The maximum absolute atomic E-state index is 10.3. The first kappa shape index (κ1) is 8.28. The van der Waals surface area contributed by atoms with Gasteiger partial charge < -0.3 is 5.73 Å². The molecule has 54 valence electrons. The fraction of sp³-hybridized carbons (Fsp3) is 0. The van der Waals surface area contributed by atoms with Crippen LogP contribution >= 0.6 is 0 Å². The van der Waals surface area contributed by atoms with Crippen molar-refractivity contribution in [3.05, 3.63) is 0 Å². The average Bonchev–Trinajstić information content (AvgIpc) is 1.90. The number of nitrogens with zero attached hydrogens (tertiary/aromatic N) is 1. The molecule has 0 aliphatic rings. The Kier molecular flexibility index (Phi) is 2.76. The topological polar surface area (TPSA) is 97.5 Å². The monoisotopic (exact) mass is 144 g/mol. The highest BCUT2D eigenvalue weighted by molar-refractivity contribution is 6.38. The zero-order valence-corrected chi connectivity index (χ0v) is 4.81. The molecule has 0 spiro atoms. The molecular formula is C4H4N2O4. The molecule has 0 fully saturated rings. The Balaban J connectivity index is 4.29. The predicted octanol–water partition coefficient (Wildman–Crippen LogP) is -2.39. The summed E-state index contributed by atoms with van der Waals surface area (Å²) in [6.45, 7) is 0. The van der Waals surface area contributed by atoms with Crippen molar-refractivity contribution in [3.63, 3.8) is 0 Å². The largest absolute Gasteiger partial charge is 0.361 e. The highest BCUT2D eigenvalue weighted by Crippen LogP contribution is 1.76. The van der Waals surface area contributed by atoms with E-state index in [0.717, 1.165) is 0 Å². The molecule has 0 heterocycles. The number of imide groups is 3. The standard InChI is InChI=1S/C4H4N2O4/c5-3(9)4(10)6(1-7)2-8/h1-2H,(H2,5,9). The number of amides is 4. The van der Waals surface area contributed by atoms with Gasteiger partial charge in [0.15, 0.2) is 0 Å². The Hall–Kier alpha value is -1.72. The van der Waals surface area contributed by atoms with Gasteiger partial charge in [0.05, 0.1) is 0 Å². The minimum atomic E-state index is -1.35. The molecule has 0 bridgehead atoms. The van der Waals surface area contributed by atoms with Crippen LogP contribution in [0.4, 0.5) is 0 Å². The van der Waals surface area contributed by atoms with Gasteiger partial charge in [0.2, 0.25) is 12.8 Å². The van der Waals surface area contributed by atoms with E-state index in [9.17, 15) is 19.2 Å². The van der Waals surface area contributed by atoms with Crippen LogP contribution in [0.15, 0.2) is 0 Å². The minimum Gasteiger partial charge on any atom is -0.361 e. The van der Waals surface area contributed by atoms with Crippen molar-refractivity contribution < 1.29 is 19.2 Å². The summed E-state index contributed by atoms with van der Waals surface area (Å²) in [7, 11) is 0. The third kappa shape index (κ3) is 1.66. The zero-order chi connectivity index (χ0) is 8.15. The molecule has 0 rings (SSSR count). The predicted molar refractivity (Wildman–Crippen MR) is 28.2 cm³/mol. The van der Waals surface area contributed by atoms with Crippen LogP contribution in [0.5, 0.6) is 0 Å². The number of hydrogen-bond acceptors (Lipinski definition) is 4. The van der Waals surface area contributed by atoms with Crippen molar-refractivity contribution in [2.45, 2.75) is 0 Å². The van der Waals surface area contributed by atoms with Crippen molar-refractivity contribution in [1.82, 2.24) is 4.90 Å². The third-order valence-electron chi connectivity index (χ3n) is 0.672. The second kappa shape index (κ2) is 3.33. The quantitative estimate of drug-likeness (QED) is 0.345. The SMILES string of the molecule is NC(=O)C(=O)N(C=O)C=O. The van der Waals surface area contributed by atoms with Crippen LogP contribution in [0, 0.1) is 0 Å². The minimum absolute atomic E-state index is 0.0162. The fourth-order valence-corrected chi connectivity index (χ4v) is 0.248. The van der Waals surface area contributed by atoms with Crippen LogP contribution in [0.2, 0.25) is 0 Å². The molecule has 0 saturated heterocycles. The van der Waals surface area contributed by atoms with Crippen molar-refractivity contribution in [2.24, 2.45) is 5.73 Å². The number of rotatable bonds is 2. The number of hydrogen-bond donors (Lipinski definition) is 1. The molecule has 0 saturated carbocycles. The van der Waals surface area contributed by atoms with Gasteiger partial charge in [-0.1, -0.05) is 0 Å². The van der Waals surface area contributed by atoms with Crippen LogP contribution in [-0.4, -0.2) is 29.5 Å². The second-order valence-electron chi connectivity index (χ2n) is 1.29. The Labute approximate surface area is 55.6 Å². The van der Waals surface area contributed by atoms with Gasteiger partial charge in [0, 0.05) is 0 Å². The highest BCUT2D eigenvalue weighted by atomic mass is 16.2. The second-order valence-corrected chi connectivity index (χ2v) is 1.29. The number of carbonyl (C=O) groups is 4. The van der Waals surface area contributed by atoms with Gasteiger partial charge in [0.25, 0.3) is 0 Å². The Morgan fingerprint density at radius 1 is 1.20 bits per heavy atom. The van der Waals surface area contributed by atoms with Crippen LogP contribution < -0.4 is 5.73 Å². The molecule has 10 heavy (non-hydrogen) atoms. The number of primary amides is 1. The van der Waals surface area contributed by atoms with Crippen molar-refractivity contribution in [2.75, 3.05) is 0 Å². The summed E-state index contributed by atoms with van der Waals surface area (Å²) in [5.41, 5.74) is 4.44. The summed E-state index contributed by atoms with van der Waals surface area (Å²) in [6, 6.07) is 0. The summed E-state index contributed by atoms with van der Waals surface area (Å²) in [5, 5.41) is 0. The summed E-state index contributed by atoms with van der Waals surface area (Å²) in [6.07, 6.45) is -0.194. The fourth-order valence-electron chi connectivity index (χ4n) is 0.248. The van der Waals surface area contributed by atoms with E-state index in [4.69, 9.17) is 0 Å². The molecule has 6 nitrogen and oxygen atoms in total.